The molecule has 0 radical (unpaired) electrons. The average Bonchev–Trinajstić information content (AvgIpc) is 3.17. The van der Waals surface area contributed by atoms with Gasteiger partial charge >= 0.3 is 5.97 Å². The Bertz CT molecular complexity index is 301. The monoisotopic (exact) mass is 257 g/mol. The van der Waals surface area contributed by atoms with Crippen LogP contribution in [0.15, 0.2) is 0 Å². The Kier molecular flexibility index (Phi) is 5.59. The van der Waals surface area contributed by atoms with E-state index in [-0.39, 0.29) is 17.8 Å². The van der Waals surface area contributed by atoms with E-state index in [0.717, 1.165) is 0 Å². The Labute approximate surface area is 108 Å². The zero-order chi connectivity index (χ0) is 13.7. The summed E-state index contributed by atoms with van der Waals surface area (Å²) in [6.45, 7) is 4.51. The molecule has 1 aliphatic carbocycles. The van der Waals surface area contributed by atoms with E-state index < -0.39 is 6.10 Å². The molecule has 2 atom stereocenters. The van der Waals surface area contributed by atoms with Crippen LogP contribution in [-0.2, 0) is 19.1 Å². The SMILES string of the molecule is COC(=O)C(C)CN(C)C(=O)C(C)OCC1CC1. The molecule has 5 heteroatoms. The number of carbonyl (C=O) groups excluding carboxylic acids is 2. The van der Waals surface area contributed by atoms with Crippen molar-refractivity contribution in [2.45, 2.75) is 32.8 Å². The molecule has 0 aromatic rings. The van der Waals surface area contributed by atoms with Crippen LogP contribution in [-0.4, -0.2) is 50.2 Å². The van der Waals surface area contributed by atoms with Crippen molar-refractivity contribution in [1.29, 1.82) is 0 Å². The van der Waals surface area contributed by atoms with E-state index in [9.17, 15) is 9.59 Å². The van der Waals surface area contributed by atoms with E-state index >= 15 is 0 Å². The maximum atomic E-state index is 12.0. The lowest BCUT2D eigenvalue weighted by Crippen LogP contribution is -2.40. The lowest BCUT2D eigenvalue weighted by atomic mass is 10.1. The van der Waals surface area contributed by atoms with E-state index in [1.807, 2.05) is 0 Å². The van der Waals surface area contributed by atoms with Crippen molar-refractivity contribution in [1.82, 2.24) is 4.90 Å². The molecular weight excluding hydrogens is 234 g/mol. The number of nitrogens with zero attached hydrogens (tertiary/aromatic N) is 1. The Morgan fingerprint density at radius 3 is 2.44 bits per heavy atom. The van der Waals surface area contributed by atoms with Crippen LogP contribution in [0.3, 0.4) is 0 Å². The molecule has 0 spiro atoms. The summed E-state index contributed by atoms with van der Waals surface area (Å²) in [6, 6.07) is 0. The van der Waals surface area contributed by atoms with Crippen molar-refractivity contribution in [2.75, 3.05) is 27.3 Å². The molecule has 0 aliphatic heterocycles. The molecule has 0 heterocycles. The van der Waals surface area contributed by atoms with Crippen LogP contribution in [0.2, 0.25) is 0 Å². The Hall–Kier alpha value is -1.10. The van der Waals surface area contributed by atoms with Crippen molar-refractivity contribution in [2.24, 2.45) is 11.8 Å². The predicted octanol–water partition coefficient (Wildman–Crippen LogP) is 1.07. The molecule has 104 valence electrons. The summed E-state index contributed by atoms with van der Waals surface area (Å²) in [5.74, 6) is -0.0771. The first kappa shape index (κ1) is 15.0. The zero-order valence-corrected chi connectivity index (χ0v) is 11.6. The number of esters is 1. The van der Waals surface area contributed by atoms with Crippen LogP contribution in [0, 0.1) is 11.8 Å². The van der Waals surface area contributed by atoms with Gasteiger partial charge in [-0.25, -0.2) is 0 Å². The fraction of sp³-hybridized carbons (Fsp3) is 0.846. The molecule has 0 aromatic carbocycles. The topological polar surface area (TPSA) is 55.8 Å². The molecule has 18 heavy (non-hydrogen) atoms. The Balaban J connectivity index is 2.31. The van der Waals surface area contributed by atoms with Gasteiger partial charge in [0.05, 0.1) is 19.6 Å². The molecule has 1 rings (SSSR count). The third-order valence-electron chi connectivity index (χ3n) is 3.15. The standard InChI is InChI=1S/C13H23NO4/c1-9(13(16)17-4)7-14(3)12(15)10(2)18-8-11-5-6-11/h9-11H,5-8H2,1-4H3. The summed E-state index contributed by atoms with van der Waals surface area (Å²) in [7, 11) is 3.03. The molecule has 0 N–H and O–H groups in total. The highest BCUT2D eigenvalue weighted by molar-refractivity contribution is 5.81. The third kappa shape index (κ3) is 4.64. The largest absolute Gasteiger partial charge is 0.469 e. The number of hydrogen-bond donors (Lipinski definition) is 0. The highest BCUT2D eigenvalue weighted by Crippen LogP contribution is 2.29. The summed E-state index contributed by atoms with van der Waals surface area (Å²) in [5, 5.41) is 0. The van der Waals surface area contributed by atoms with Gasteiger partial charge in [-0.05, 0) is 25.7 Å². The van der Waals surface area contributed by atoms with Gasteiger partial charge in [-0.2, -0.15) is 0 Å². The highest BCUT2D eigenvalue weighted by Gasteiger charge is 2.26. The van der Waals surface area contributed by atoms with E-state index in [1.165, 1.54) is 24.9 Å². The van der Waals surface area contributed by atoms with E-state index in [1.54, 1.807) is 20.9 Å². The zero-order valence-electron chi connectivity index (χ0n) is 11.6. The first-order chi connectivity index (χ1) is 8.45. The van der Waals surface area contributed by atoms with Gasteiger partial charge in [0.1, 0.15) is 6.10 Å². The minimum Gasteiger partial charge on any atom is -0.469 e. The van der Waals surface area contributed by atoms with Gasteiger partial charge in [-0.15, -0.1) is 0 Å². The summed E-state index contributed by atoms with van der Waals surface area (Å²) in [5.41, 5.74) is 0. The van der Waals surface area contributed by atoms with Crippen LogP contribution in [0.4, 0.5) is 0 Å². The van der Waals surface area contributed by atoms with Crippen LogP contribution >= 0.6 is 0 Å². The Morgan fingerprint density at radius 1 is 1.33 bits per heavy atom. The molecule has 1 fully saturated rings. The molecule has 1 amide bonds. The molecule has 1 saturated carbocycles. The number of hydrogen-bond acceptors (Lipinski definition) is 4. The molecule has 0 aromatic heterocycles. The molecule has 5 nitrogen and oxygen atoms in total. The minimum atomic E-state index is -0.444. The summed E-state index contributed by atoms with van der Waals surface area (Å²) < 4.78 is 10.1. The van der Waals surface area contributed by atoms with Crippen LogP contribution in [0.25, 0.3) is 0 Å². The van der Waals surface area contributed by atoms with Crippen LogP contribution in [0.1, 0.15) is 26.7 Å². The average molecular weight is 257 g/mol. The van der Waals surface area contributed by atoms with Crippen molar-refractivity contribution in [3.05, 3.63) is 0 Å². The molecular formula is C13H23NO4. The van der Waals surface area contributed by atoms with Crippen molar-refractivity contribution < 1.29 is 19.1 Å². The van der Waals surface area contributed by atoms with E-state index in [0.29, 0.717) is 19.1 Å². The quantitative estimate of drug-likeness (QED) is 0.640. The number of likely N-dealkylation sites (N-methyl/N-ethyl adjacent to an activating group) is 1. The van der Waals surface area contributed by atoms with E-state index in [4.69, 9.17) is 4.74 Å². The number of carbonyl (C=O) groups is 2. The second-order valence-corrected chi connectivity index (χ2v) is 5.06. The number of ether oxygens (including phenoxy) is 2. The van der Waals surface area contributed by atoms with Gasteiger partial charge in [-0.1, -0.05) is 6.92 Å². The van der Waals surface area contributed by atoms with Gasteiger partial charge in [0.25, 0.3) is 5.91 Å². The van der Waals surface area contributed by atoms with Gasteiger partial charge in [0.15, 0.2) is 0 Å². The van der Waals surface area contributed by atoms with Gasteiger partial charge in [0.2, 0.25) is 0 Å². The normalized spacial score (nSPS) is 18.0. The molecule has 2 unspecified atom stereocenters. The van der Waals surface area contributed by atoms with Crippen molar-refractivity contribution in [3.63, 3.8) is 0 Å². The fourth-order valence-corrected chi connectivity index (χ4v) is 1.72. The second kappa shape index (κ2) is 6.73. The van der Waals surface area contributed by atoms with E-state index in [2.05, 4.69) is 4.74 Å². The number of rotatable bonds is 7. The lowest BCUT2D eigenvalue weighted by molar-refractivity contribution is -0.148. The molecule has 0 bridgehead atoms. The molecule has 1 aliphatic rings. The highest BCUT2D eigenvalue weighted by atomic mass is 16.5. The first-order valence-electron chi connectivity index (χ1n) is 6.40. The van der Waals surface area contributed by atoms with Crippen molar-refractivity contribution >= 4 is 11.9 Å². The predicted molar refractivity (Wildman–Crippen MR) is 67.0 cm³/mol. The summed E-state index contributed by atoms with van der Waals surface area (Å²) >= 11 is 0. The Morgan fingerprint density at radius 2 is 1.94 bits per heavy atom. The fourth-order valence-electron chi connectivity index (χ4n) is 1.72. The summed E-state index contributed by atoms with van der Waals surface area (Å²) in [4.78, 5) is 24.8. The maximum absolute atomic E-state index is 12.0. The van der Waals surface area contributed by atoms with Crippen LogP contribution in [0.5, 0.6) is 0 Å². The smallest absolute Gasteiger partial charge is 0.310 e. The molecule has 0 saturated heterocycles. The first-order valence-corrected chi connectivity index (χ1v) is 6.40. The maximum Gasteiger partial charge on any atom is 0.310 e. The third-order valence-corrected chi connectivity index (χ3v) is 3.15. The van der Waals surface area contributed by atoms with Gasteiger partial charge < -0.3 is 14.4 Å². The summed E-state index contributed by atoms with van der Waals surface area (Å²) in [6.07, 6.45) is 1.96. The van der Waals surface area contributed by atoms with Crippen LogP contribution < -0.4 is 0 Å². The number of amides is 1. The minimum absolute atomic E-state index is 0.0913. The number of methoxy groups -OCH3 is 1. The van der Waals surface area contributed by atoms with Gasteiger partial charge in [-0.3, -0.25) is 9.59 Å². The lowest BCUT2D eigenvalue weighted by Gasteiger charge is -2.23. The second-order valence-electron chi connectivity index (χ2n) is 5.06. The van der Waals surface area contributed by atoms with Crippen molar-refractivity contribution in [3.8, 4) is 0 Å². The van der Waals surface area contributed by atoms with Gasteiger partial charge in [0, 0.05) is 13.6 Å².